The van der Waals surface area contributed by atoms with Gasteiger partial charge in [0.15, 0.2) is 5.71 Å². The molecule has 2 aromatic carbocycles. The van der Waals surface area contributed by atoms with Gasteiger partial charge < -0.3 is 25.0 Å². The quantitative estimate of drug-likeness (QED) is 0.0561. The molecule has 0 aromatic heterocycles. The largest absolute Gasteiger partial charge is 0.379 e. The third-order valence-electron chi connectivity index (χ3n) is 11.8. The van der Waals surface area contributed by atoms with Crippen LogP contribution in [0.2, 0.25) is 0 Å². The van der Waals surface area contributed by atoms with Crippen LogP contribution in [0, 0.1) is 16.1 Å². The highest BCUT2D eigenvalue weighted by Gasteiger charge is 2.49. The second kappa shape index (κ2) is 21.2. The number of hydrogen-bond acceptors (Lipinski definition) is 7. The van der Waals surface area contributed by atoms with E-state index < -0.39 is 5.41 Å². The lowest BCUT2D eigenvalue weighted by Gasteiger charge is -2.35. The molecule has 0 radical (unpaired) electrons. The van der Waals surface area contributed by atoms with Gasteiger partial charge in [-0.2, -0.15) is 9.84 Å². The van der Waals surface area contributed by atoms with E-state index in [0.29, 0.717) is 45.1 Å². The number of nitriles is 1. The van der Waals surface area contributed by atoms with E-state index in [1.54, 1.807) is 0 Å². The second-order valence-electron chi connectivity index (χ2n) is 16.7. The number of thiocyanates is 1. The van der Waals surface area contributed by atoms with Crippen LogP contribution < -0.4 is 15.5 Å². The normalized spacial score (nSPS) is 20.5. The summed E-state index contributed by atoms with van der Waals surface area (Å²) in [6.45, 7) is 20.1. The predicted octanol–water partition coefficient (Wildman–Crippen LogP) is 9.03. The molecule has 0 fully saturated rings. The number of fused-ring (bicyclic) bond motifs is 2. The summed E-state index contributed by atoms with van der Waals surface area (Å²) in [6, 6.07) is 17.3. The minimum Gasteiger partial charge on any atom is -0.379 e. The molecule has 0 bridgehead atoms. The zero-order chi connectivity index (χ0) is 42.5. The summed E-state index contributed by atoms with van der Waals surface area (Å²) in [5.41, 5.74) is 7.36. The summed E-state index contributed by atoms with van der Waals surface area (Å²) in [7, 11) is 0. The Morgan fingerprint density at radius 1 is 0.847 bits per heavy atom. The topological polar surface area (TPSA) is 107 Å². The van der Waals surface area contributed by atoms with Gasteiger partial charge in [0.1, 0.15) is 17.4 Å². The molecule has 2 aromatic rings. The first-order valence-electron chi connectivity index (χ1n) is 21.6. The summed E-state index contributed by atoms with van der Waals surface area (Å²) >= 11 is 1.09. The van der Waals surface area contributed by atoms with E-state index in [1.807, 2.05) is 6.92 Å². The number of carbonyl (C=O) groups is 2. The predicted molar refractivity (Wildman–Crippen MR) is 242 cm³/mol. The summed E-state index contributed by atoms with van der Waals surface area (Å²) in [6.07, 6.45) is 15.1. The number of nitrogens with one attached hydrogen (secondary N) is 2. The van der Waals surface area contributed by atoms with Crippen molar-refractivity contribution in [2.75, 3.05) is 63.3 Å². The fraction of sp³-hybridized carbons (Fsp3) is 0.510. The van der Waals surface area contributed by atoms with E-state index in [2.05, 4.69) is 146 Å². The van der Waals surface area contributed by atoms with Crippen LogP contribution in [0.1, 0.15) is 98.1 Å². The van der Waals surface area contributed by atoms with Gasteiger partial charge in [-0.3, -0.25) is 9.59 Å². The third-order valence-corrected chi connectivity index (χ3v) is 12.4. The summed E-state index contributed by atoms with van der Waals surface area (Å²) < 4.78 is 13.5. The van der Waals surface area contributed by atoms with Crippen molar-refractivity contribution in [3.63, 3.8) is 0 Å². The maximum Gasteiger partial charge on any atom is 0.236 e. The van der Waals surface area contributed by atoms with Crippen molar-refractivity contribution in [3.05, 3.63) is 107 Å². The van der Waals surface area contributed by atoms with Gasteiger partial charge in [0.25, 0.3) is 0 Å². The van der Waals surface area contributed by atoms with Crippen LogP contribution >= 0.6 is 11.8 Å². The molecule has 10 heteroatoms. The first kappa shape index (κ1) is 45.7. The van der Waals surface area contributed by atoms with E-state index in [-0.39, 0.29) is 42.0 Å². The van der Waals surface area contributed by atoms with E-state index in [4.69, 9.17) is 9.47 Å². The Balaban J connectivity index is 1.57. The molecule has 5 rings (SSSR count). The Morgan fingerprint density at radius 3 is 2.29 bits per heavy atom. The average molecular weight is 821 g/mol. The number of nitrogens with zero attached hydrogens (tertiary/aromatic N) is 3. The van der Waals surface area contributed by atoms with Crippen LogP contribution in [0.4, 0.5) is 11.4 Å². The summed E-state index contributed by atoms with van der Waals surface area (Å²) in [4.78, 5) is 31.6. The minimum absolute atomic E-state index is 0.235. The van der Waals surface area contributed by atoms with Crippen LogP contribution in [-0.4, -0.2) is 80.5 Å². The van der Waals surface area contributed by atoms with Crippen LogP contribution in [0.5, 0.6) is 0 Å². The van der Waals surface area contributed by atoms with E-state index >= 15 is 0 Å². The SMILES string of the molecule is CCCCN1C(=CC=C2C=C(C=CC3=[N+](CCC)c4ccccc4C3(C)C)CC(C(=O)NCCCOCCOCC)(C(=O)NCCSC#N)C2)C(C)(C)c2ccccc21. The van der Waals surface area contributed by atoms with Crippen molar-refractivity contribution < 1.29 is 23.6 Å². The number of ether oxygens (including phenoxy) is 2. The number of rotatable bonds is 21. The van der Waals surface area contributed by atoms with Crippen molar-refractivity contribution in [2.24, 2.45) is 5.41 Å². The monoisotopic (exact) mass is 820 g/mol. The molecule has 2 aliphatic heterocycles. The fourth-order valence-corrected chi connectivity index (χ4v) is 9.05. The summed E-state index contributed by atoms with van der Waals surface area (Å²) in [5.74, 6) is -0.200. The Labute approximate surface area is 357 Å². The number of carbonyl (C=O) groups excluding carboxylic acids is 2. The van der Waals surface area contributed by atoms with Crippen LogP contribution in [0.3, 0.4) is 0 Å². The molecule has 2 heterocycles. The van der Waals surface area contributed by atoms with Gasteiger partial charge in [-0.25, -0.2) is 0 Å². The van der Waals surface area contributed by atoms with Gasteiger partial charge in [0.05, 0.1) is 18.6 Å². The zero-order valence-corrected chi connectivity index (χ0v) is 37.3. The van der Waals surface area contributed by atoms with Crippen molar-refractivity contribution in [1.82, 2.24) is 10.6 Å². The molecule has 1 aliphatic carbocycles. The number of anilines is 1. The molecule has 1 unspecified atom stereocenters. The van der Waals surface area contributed by atoms with E-state index in [1.165, 1.54) is 33.9 Å². The molecule has 0 saturated carbocycles. The van der Waals surface area contributed by atoms with Gasteiger partial charge in [-0.15, -0.1) is 0 Å². The van der Waals surface area contributed by atoms with Crippen LogP contribution in [0.25, 0.3) is 0 Å². The first-order chi connectivity index (χ1) is 28.5. The lowest BCUT2D eigenvalue weighted by Crippen LogP contribution is -2.53. The van der Waals surface area contributed by atoms with E-state index in [0.717, 1.165) is 55.3 Å². The van der Waals surface area contributed by atoms with Gasteiger partial charge >= 0.3 is 0 Å². The second-order valence-corrected chi connectivity index (χ2v) is 17.6. The molecule has 0 spiro atoms. The van der Waals surface area contributed by atoms with Gasteiger partial charge in [-0.1, -0.05) is 88.7 Å². The van der Waals surface area contributed by atoms with Gasteiger partial charge in [-0.05, 0) is 87.1 Å². The Bertz CT molecular complexity index is 2000. The number of hydrogen-bond donors (Lipinski definition) is 2. The number of amides is 2. The smallest absolute Gasteiger partial charge is 0.236 e. The Morgan fingerprint density at radius 2 is 1.56 bits per heavy atom. The standard InChI is InChI=1S/C49H65N5O4S/c1-8-11-28-54-42-20-15-13-18-40(42)48(6,7)44(54)24-22-38-33-37(21-23-43-47(4,5)39-17-12-14-19-41(39)53(43)27-9-2)34-49(35-38,46(56)52-26-32-59-36-50)45(55)51-25-16-29-58-31-30-57-10-3/h12-15,17-24,33H,8-11,16,25-32,34-35H2,1-7H3,(H-,51,52,55,56)/p+1. The minimum atomic E-state index is -1.41. The number of unbranched alkanes of at least 4 members (excludes halogenated alkanes) is 1. The van der Waals surface area contributed by atoms with E-state index in [9.17, 15) is 14.9 Å². The molecule has 2 amide bonds. The van der Waals surface area contributed by atoms with Crippen molar-refractivity contribution in [2.45, 2.75) is 97.8 Å². The molecule has 3 aliphatic rings. The number of allylic oxidation sites excluding steroid dienone is 8. The van der Waals surface area contributed by atoms with Gasteiger partial charge in [0.2, 0.25) is 17.5 Å². The molecule has 0 saturated heterocycles. The molecular formula is C49H66N5O4S+. The highest BCUT2D eigenvalue weighted by Crippen LogP contribution is 2.48. The highest BCUT2D eigenvalue weighted by molar-refractivity contribution is 8.03. The molecule has 59 heavy (non-hydrogen) atoms. The maximum atomic E-state index is 14.6. The Hall–Kier alpha value is -4.43. The third kappa shape index (κ3) is 10.5. The molecular weight excluding hydrogens is 755 g/mol. The molecule has 2 N–H and O–H groups in total. The van der Waals surface area contributed by atoms with Crippen LogP contribution in [-0.2, 0) is 29.9 Å². The number of benzene rings is 2. The number of thioether (sulfide) groups is 1. The first-order valence-corrected chi connectivity index (χ1v) is 22.6. The van der Waals surface area contributed by atoms with Crippen molar-refractivity contribution >= 4 is 40.7 Å². The summed E-state index contributed by atoms with van der Waals surface area (Å²) in [5, 5.41) is 17.5. The van der Waals surface area contributed by atoms with Crippen molar-refractivity contribution in [3.8, 4) is 5.40 Å². The zero-order valence-electron chi connectivity index (χ0n) is 36.5. The Kier molecular flexibility index (Phi) is 16.4. The lowest BCUT2D eigenvalue weighted by atomic mass is 9.70. The maximum absolute atomic E-state index is 14.6. The average Bonchev–Trinajstić information content (AvgIpc) is 3.58. The lowest BCUT2D eigenvalue weighted by molar-refractivity contribution is -0.437. The van der Waals surface area contributed by atoms with Crippen molar-refractivity contribution in [1.29, 1.82) is 5.26 Å². The highest BCUT2D eigenvalue weighted by atomic mass is 32.2. The molecule has 9 nitrogen and oxygen atoms in total. The fourth-order valence-electron chi connectivity index (χ4n) is 8.75. The molecule has 316 valence electrons. The molecule has 1 atom stereocenters. The van der Waals surface area contributed by atoms with Gasteiger partial charge in [0, 0.05) is 79.5 Å². The number of para-hydroxylation sites is 2. The van der Waals surface area contributed by atoms with Crippen LogP contribution in [0.15, 0.2) is 95.8 Å².